The summed E-state index contributed by atoms with van der Waals surface area (Å²) in [6, 6.07) is 2.25. The Bertz CT molecular complexity index is 656. The van der Waals surface area contributed by atoms with Crippen molar-refractivity contribution in [1.29, 1.82) is 0 Å². The van der Waals surface area contributed by atoms with Crippen LogP contribution in [0, 0.1) is 12.7 Å². The molecule has 19 heavy (non-hydrogen) atoms. The molecule has 5 nitrogen and oxygen atoms in total. The maximum atomic E-state index is 13.5. The van der Waals surface area contributed by atoms with Gasteiger partial charge in [-0.2, -0.15) is 5.10 Å². The van der Waals surface area contributed by atoms with Crippen molar-refractivity contribution in [3.8, 4) is 17.0 Å². The summed E-state index contributed by atoms with van der Waals surface area (Å²) in [5, 5.41) is 22.6. The number of nitrogens with zero attached hydrogens (tertiary/aromatic N) is 2. The van der Waals surface area contributed by atoms with Crippen LogP contribution in [0.4, 0.5) is 4.39 Å². The van der Waals surface area contributed by atoms with Gasteiger partial charge in [0.25, 0.3) is 0 Å². The Kier molecular flexibility index (Phi) is 3.20. The molecule has 0 atom stereocenters. The van der Waals surface area contributed by atoms with E-state index in [4.69, 9.17) is 16.7 Å². The van der Waals surface area contributed by atoms with Crippen LogP contribution in [0.2, 0.25) is 5.02 Å². The number of carboxylic acids is 1. The molecular formula is C12H10ClFN2O3. The molecule has 0 radical (unpaired) electrons. The highest BCUT2D eigenvalue weighted by Crippen LogP contribution is 2.38. The highest BCUT2D eigenvalue weighted by atomic mass is 35.5. The average molecular weight is 285 g/mol. The van der Waals surface area contributed by atoms with Gasteiger partial charge in [-0.15, -0.1) is 0 Å². The summed E-state index contributed by atoms with van der Waals surface area (Å²) in [6.07, 6.45) is 0. The molecular weight excluding hydrogens is 275 g/mol. The number of phenols is 1. The van der Waals surface area contributed by atoms with Gasteiger partial charge in [0, 0.05) is 17.6 Å². The van der Waals surface area contributed by atoms with Crippen LogP contribution in [-0.4, -0.2) is 26.0 Å². The molecule has 0 aliphatic rings. The summed E-state index contributed by atoms with van der Waals surface area (Å²) in [5.74, 6) is -2.66. The van der Waals surface area contributed by atoms with Crippen molar-refractivity contribution in [2.75, 3.05) is 0 Å². The molecule has 0 saturated carbocycles. The summed E-state index contributed by atoms with van der Waals surface area (Å²) < 4.78 is 14.8. The van der Waals surface area contributed by atoms with Gasteiger partial charge in [0.1, 0.15) is 0 Å². The van der Waals surface area contributed by atoms with E-state index >= 15 is 0 Å². The van der Waals surface area contributed by atoms with Gasteiger partial charge in [-0.25, -0.2) is 9.18 Å². The Morgan fingerprint density at radius 3 is 2.63 bits per heavy atom. The Morgan fingerprint density at radius 1 is 1.47 bits per heavy atom. The topological polar surface area (TPSA) is 75.3 Å². The van der Waals surface area contributed by atoms with Crippen molar-refractivity contribution in [2.45, 2.75) is 6.92 Å². The number of rotatable bonds is 2. The lowest BCUT2D eigenvalue weighted by Gasteiger charge is -2.11. The zero-order chi connectivity index (χ0) is 14.3. The molecule has 0 unspecified atom stereocenters. The van der Waals surface area contributed by atoms with Gasteiger partial charge < -0.3 is 10.2 Å². The van der Waals surface area contributed by atoms with Gasteiger partial charge in [0.05, 0.1) is 5.69 Å². The smallest absolute Gasteiger partial charge is 0.356 e. The molecule has 0 spiro atoms. The first-order valence-electron chi connectivity index (χ1n) is 5.28. The first-order valence-corrected chi connectivity index (χ1v) is 5.66. The third-order valence-corrected chi connectivity index (χ3v) is 3.20. The van der Waals surface area contributed by atoms with Crippen molar-refractivity contribution in [2.24, 2.45) is 7.05 Å². The van der Waals surface area contributed by atoms with E-state index in [0.717, 1.165) is 6.07 Å². The van der Waals surface area contributed by atoms with E-state index in [1.165, 1.54) is 17.8 Å². The first-order chi connectivity index (χ1) is 8.82. The lowest BCUT2D eigenvalue weighted by atomic mass is 10.0. The fourth-order valence-electron chi connectivity index (χ4n) is 1.82. The number of hydrogen-bond donors (Lipinski definition) is 2. The summed E-state index contributed by atoms with van der Waals surface area (Å²) in [5.41, 5.74) is 0.651. The molecule has 7 heteroatoms. The Balaban J connectivity index is 2.75. The minimum atomic E-state index is -1.21. The highest BCUT2D eigenvalue weighted by Gasteiger charge is 2.21. The molecule has 1 aromatic carbocycles. The van der Waals surface area contributed by atoms with Crippen LogP contribution >= 0.6 is 11.6 Å². The number of carbonyl (C=O) groups is 1. The van der Waals surface area contributed by atoms with E-state index in [2.05, 4.69) is 5.10 Å². The van der Waals surface area contributed by atoms with Crippen molar-refractivity contribution in [3.05, 3.63) is 34.2 Å². The van der Waals surface area contributed by atoms with Crippen LogP contribution < -0.4 is 0 Å². The monoisotopic (exact) mass is 284 g/mol. The number of halogens is 2. The second kappa shape index (κ2) is 4.55. The number of hydrogen-bond acceptors (Lipinski definition) is 3. The van der Waals surface area contributed by atoms with Crippen molar-refractivity contribution in [1.82, 2.24) is 9.78 Å². The summed E-state index contributed by atoms with van der Waals surface area (Å²) in [6.45, 7) is 1.60. The predicted molar refractivity (Wildman–Crippen MR) is 67.0 cm³/mol. The molecule has 2 rings (SSSR count). The third-order valence-electron chi connectivity index (χ3n) is 2.80. The molecule has 0 amide bonds. The number of benzene rings is 1. The zero-order valence-electron chi connectivity index (χ0n) is 10.1. The SMILES string of the molecule is Cc1c(Cl)cc(F)c(O)c1-c1cc(C(=O)O)nn1C. The fraction of sp³-hybridized carbons (Fsp3) is 0.167. The number of carboxylic acid groups (broad SMARTS) is 1. The summed E-state index contributed by atoms with van der Waals surface area (Å²) in [7, 11) is 1.50. The molecule has 0 aliphatic heterocycles. The summed E-state index contributed by atoms with van der Waals surface area (Å²) >= 11 is 5.87. The molecule has 1 heterocycles. The third kappa shape index (κ3) is 2.15. The number of aromatic hydroxyl groups is 1. The molecule has 0 aliphatic carbocycles. The van der Waals surface area contributed by atoms with Crippen molar-refractivity contribution < 1.29 is 19.4 Å². The Hall–Kier alpha value is -2.08. The van der Waals surface area contributed by atoms with Crippen LogP contribution in [0.1, 0.15) is 16.1 Å². The standard InChI is InChI=1S/C12H10ClFN2O3/c1-5-6(13)3-7(14)11(17)10(5)9-4-8(12(18)19)15-16(9)2/h3-4,17H,1-2H3,(H,18,19). The molecule has 0 saturated heterocycles. The largest absolute Gasteiger partial charge is 0.504 e. The fourth-order valence-corrected chi connectivity index (χ4v) is 2.01. The predicted octanol–water partition coefficient (Wildman–Crippen LogP) is 2.59. The van der Waals surface area contributed by atoms with Crippen LogP contribution in [-0.2, 0) is 7.05 Å². The number of aromatic carboxylic acids is 1. The van der Waals surface area contributed by atoms with E-state index in [-0.39, 0.29) is 22.0 Å². The van der Waals surface area contributed by atoms with Gasteiger partial charge in [0.15, 0.2) is 17.3 Å². The quantitative estimate of drug-likeness (QED) is 0.889. The van der Waals surface area contributed by atoms with Gasteiger partial charge in [-0.05, 0) is 24.6 Å². The van der Waals surface area contributed by atoms with Crippen LogP contribution in [0.15, 0.2) is 12.1 Å². The van der Waals surface area contributed by atoms with Gasteiger partial charge >= 0.3 is 5.97 Å². The molecule has 0 bridgehead atoms. The van der Waals surface area contributed by atoms with Gasteiger partial charge in [0.2, 0.25) is 0 Å². The molecule has 0 fully saturated rings. The molecule has 2 aromatic rings. The van der Waals surface area contributed by atoms with E-state index in [9.17, 15) is 14.3 Å². The van der Waals surface area contributed by atoms with Crippen molar-refractivity contribution in [3.63, 3.8) is 0 Å². The van der Waals surface area contributed by atoms with Crippen molar-refractivity contribution >= 4 is 17.6 Å². The minimum absolute atomic E-state index is 0.132. The summed E-state index contributed by atoms with van der Waals surface area (Å²) in [4.78, 5) is 10.9. The van der Waals surface area contributed by atoms with Crippen LogP contribution in [0.3, 0.4) is 0 Å². The Morgan fingerprint density at radius 2 is 2.11 bits per heavy atom. The van der Waals surface area contributed by atoms with Crippen LogP contribution in [0.25, 0.3) is 11.3 Å². The van der Waals surface area contributed by atoms with Crippen LogP contribution in [0.5, 0.6) is 5.75 Å². The second-order valence-corrected chi connectivity index (χ2v) is 4.44. The number of phenolic OH excluding ortho intramolecular Hbond substituents is 1. The van der Waals surface area contributed by atoms with Gasteiger partial charge in [-0.1, -0.05) is 11.6 Å². The van der Waals surface area contributed by atoms with E-state index in [0.29, 0.717) is 5.56 Å². The molecule has 1 aromatic heterocycles. The Labute approximate surface area is 112 Å². The molecule has 2 N–H and O–H groups in total. The van der Waals surface area contributed by atoms with Gasteiger partial charge in [-0.3, -0.25) is 4.68 Å². The number of aromatic nitrogens is 2. The van der Waals surface area contributed by atoms with E-state index < -0.39 is 17.5 Å². The first kappa shape index (κ1) is 13.4. The average Bonchev–Trinajstić information content (AvgIpc) is 2.70. The molecule has 100 valence electrons. The van der Waals surface area contributed by atoms with E-state index in [1.807, 2.05) is 0 Å². The number of aryl methyl sites for hydroxylation is 1. The second-order valence-electron chi connectivity index (χ2n) is 4.03. The zero-order valence-corrected chi connectivity index (χ0v) is 10.9. The van der Waals surface area contributed by atoms with E-state index in [1.54, 1.807) is 6.92 Å². The lowest BCUT2D eigenvalue weighted by molar-refractivity contribution is 0.0689. The minimum Gasteiger partial charge on any atom is -0.504 e. The maximum absolute atomic E-state index is 13.5. The normalized spacial score (nSPS) is 10.7. The highest BCUT2D eigenvalue weighted by molar-refractivity contribution is 6.31. The maximum Gasteiger partial charge on any atom is 0.356 e. The lowest BCUT2D eigenvalue weighted by Crippen LogP contribution is -2.00.